The van der Waals surface area contributed by atoms with E-state index in [0.717, 1.165) is 5.56 Å². The molecule has 7 heteroatoms. The molecule has 0 fully saturated rings. The molecule has 0 bridgehead atoms. The number of para-hydroxylation sites is 1. The van der Waals surface area contributed by atoms with E-state index in [2.05, 4.69) is 10.0 Å². The second kappa shape index (κ2) is 7.79. The minimum atomic E-state index is -3.76. The van der Waals surface area contributed by atoms with E-state index >= 15 is 0 Å². The van der Waals surface area contributed by atoms with Gasteiger partial charge in [-0.1, -0.05) is 43.6 Å². The number of hydrogen-bond acceptors (Lipinski definition) is 3. The predicted octanol–water partition coefficient (Wildman–Crippen LogP) is 3.38. The maximum absolute atomic E-state index is 12.1. The van der Waals surface area contributed by atoms with Gasteiger partial charge in [0.1, 0.15) is 0 Å². The second-order valence-corrected chi connectivity index (χ2v) is 7.77. The highest BCUT2D eigenvalue weighted by molar-refractivity contribution is 7.89. The molecule has 0 aliphatic heterocycles. The Morgan fingerprint density at radius 3 is 2.33 bits per heavy atom. The van der Waals surface area contributed by atoms with Gasteiger partial charge in [-0.25, -0.2) is 13.1 Å². The average molecular weight is 367 g/mol. The Morgan fingerprint density at radius 2 is 1.71 bits per heavy atom. The zero-order chi connectivity index (χ0) is 17.7. The molecule has 1 amide bonds. The summed E-state index contributed by atoms with van der Waals surface area (Å²) in [6.45, 7) is 3.69. The van der Waals surface area contributed by atoms with Crippen LogP contribution in [0.15, 0.2) is 53.4 Å². The van der Waals surface area contributed by atoms with Crippen LogP contribution >= 0.6 is 11.6 Å². The molecule has 0 saturated carbocycles. The molecule has 2 aromatic carbocycles. The number of benzene rings is 2. The molecule has 0 heterocycles. The number of carbonyl (C=O) groups excluding carboxylic acids is 1. The quantitative estimate of drug-likeness (QED) is 0.822. The lowest BCUT2D eigenvalue weighted by Crippen LogP contribution is -2.33. The van der Waals surface area contributed by atoms with Crippen LogP contribution < -0.4 is 10.0 Å². The van der Waals surface area contributed by atoms with E-state index in [0.29, 0.717) is 10.7 Å². The summed E-state index contributed by atoms with van der Waals surface area (Å²) >= 11 is 5.74. The molecule has 0 saturated heterocycles. The van der Waals surface area contributed by atoms with Gasteiger partial charge in [0.2, 0.25) is 15.9 Å². The molecule has 0 aliphatic rings. The lowest BCUT2D eigenvalue weighted by atomic mass is 10.0. The van der Waals surface area contributed by atoms with E-state index in [4.69, 9.17) is 11.6 Å². The summed E-state index contributed by atoms with van der Waals surface area (Å²) < 4.78 is 26.6. The standard InChI is InChI=1S/C17H19ClN2O3S/c1-12(2)15-5-3-4-6-16(15)20-17(21)11-19-24(22,23)14-9-7-13(18)8-10-14/h3-10,12,19H,11H2,1-2H3,(H,20,21). The Balaban J connectivity index is 2.02. The third kappa shape index (κ3) is 4.80. The molecule has 24 heavy (non-hydrogen) atoms. The fourth-order valence-corrected chi connectivity index (χ4v) is 3.27. The van der Waals surface area contributed by atoms with Crippen molar-refractivity contribution in [1.29, 1.82) is 0 Å². The van der Waals surface area contributed by atoms with Crippen molar-refractivity contribution < 1.29 is 13.2 Å². The van der Waals surface area contributed by atoms with Crippen molar-refractivity contribution in [2.45, 2.75) is 24.7 Å². The molecule has 128 valence electrons. The lowest BCUT2D eigenvalue weighted by Gasteiger charge is -2.14. The van der Waals surface area contributed by atoms with Crippen LogP contribution in [0.4, 0.5) is 5.69 Å². The molecule has 0 aromatic heterocycles. The first-order valence-corrected chi connectivity index (χ1v) is 9.30. The van der Waals surface area contributed by atoms with Crippen LogP contribution in [0.1, 0.15) is 25.3 Å². The third-order valence-electron chi connectivity index (χ3n) is 3.40. The van der Waals surface area contributed by atoms with Crippen molar-refractivity contribution in [2.24, 2.45) is 0 Å². The van der Waals surface area contributed by atoms with Crippen molar-refractivity contribution in [3.8, 4) is 0 Å². The summed E-state index contributed by atoms with van der Waals surface area (Å²) in [4.78, 5) is 12.1. The molecule has 2 N–H and O–H groups in total. The smallest absolute Gasteiger partial charge is 0.241 e. The molecule has 2 aromatic rings. The van der Waals surface area contributed by atoms with Crippen molar-refractivity contribution >= 4 is 33.2 Å². The number of rotatable bonds is 6. The van der Waals surface area contributed by atoms with Crippen LogP contribution in [0, 0.1) is 0 Å². The van der Waals surface area contributed by atoms with Gasteiger partial charge >= 0.3 is 0 Å². The molecule has 0 aliphatic carbocycles. The molecule has 0 radical (unpaired) electrons. The summed E-state index contributed by atoms with van der Waals surface area (Å²) in [5.41, 5.74) is 1.68. The highest BCUT2D eigenvalue weighted by Gasteiger charge is 2.16. The van der Waals surface area contributed by atoms with Crippen molar-refractivity contribution in [3.63, 3.8) is 0 Å². The third-order valence-corrected chi connectivity index (χ3v) is 5.07. The first-order valence-electron chi connectivity index (χ1n) is 7.43. The monoisotopic (exact) mass is 366 g/mol. The highest BCUT2D eigenvalue weighted by Crippen LogP contribution is 2.23. The van der Waals surface area contributed by atoms with Gasteiger partial charge in [-0.15, -0.1) is 0 Å². The summed E-state index contributed by atoms with van der Waals surface area (Å²) in [6.07, 6.45) is 0. The maximum Gasteiger partial charge on any atom is 0.241 e. The van der Waals surface area contributed by atoms with Crippen LogP contribution in [0.25, 0.3) is 0 Å². The highest BCUT2D eigenvalue weighted by atomic mass is 35.5. The summed E-state index contributed by atoms with van der Waals surface area (Å²) in [5.74, 6) is -0.187. The Morgan fingerprint density at radius 1 is 1.08 bits per heavy atom. The topological polar surface area (TPSA) is 75.3 Å². The molecule has 0 unspecified atom stereocenters. The Kier molecular flexibility index (Phi) is 5.99. The van der Waals surface area contributed by atoms with Crippen LogP contribution in [-0.4, -0.2) is 20.9 Å². The predicted molar refractivity (Wildman–Crippen MR) is 95.8 cm³/mol. The lowest BCUT2D eigenvalue weighted by molar-refractivity contribution is -0.115. The van der Waals surface area contributed by atoms with E-state index in [9.17, 15) is 13.2 Å². The van der Waals surface area contributed by atoms with Gasteiger partial charge in [-0.2, -0.15) is 0 Å². The van der Waals surface area contributed by atoms with Gasteiger partial charge in [0, 0.05) is 10.7 Å². The number of hydrogen-bond donors (Lipinski definition) is 2. The van der Waals surface area contributed by atoms with Crippen molar-refractivity contribution in [3.05, 3.63) is 59.1 Å². The summed E-state index contributed by atoms with van der Waals surface area (Å²) in [6, 6.07) is 13.2. The number of nitrogens with one attached hydrogen (secondary N) is 2. The fraction of sp³-hybridized carbons (Fsp3) is 0.235. The number of anilines is 1. The van der Waals surface area contributed by atoms with Gasteiger partial charge in [0.15, 0.2) is 0 Å². The SMILES string of the molecule is CC(C)c1ccccc1NC(=O)CNS(=O)(=O)c1ccc(Cl)cc1. The van der Waals surface area contributed by atoms with Crippen LogP contribution in [0.3, 0.4) is 0 Å². The van der Waals surface area contributed by atoms with Gasteiger partial charge < -0.3 is 5.32 Å². The first kappa shape index (κ1) is 18.4. The molecular weight excluding hydrogens is 348 g/mol. The van der Waals surface area contributed by atoms with Crippen LogP contribution in [0.5, 0.6) is 0 Å². The summed E-state index contributed by atoms with van der Waals surface area (Å²) in [5, 5.41) is 3.18. The number of sulfonamides is 1. The maximum atomic E-state index is 12.1. The zero-order valence-corrected chi connectivity index (χ0v) is 15.0. The van der Waals surface area contributed by atoms with E-state index < -0.39 is 15.9 Å². The zero-order valence-electron chi connectivity index (χ0n) is 13.4. The Bertz CT molecular complexity index is 818. The van der Waals surface area contributed by atoms with E-state index in [1.165, 1.54) is 24.3 Å². The number of amides is 1. The minimum Gasteiger partial charge on any atom is -0.325 e. The molecular formula is C17H19ClN2O3S. The normalized spacial score (nSPS) is 11.5. The second-order valence-electron chi connectivity index (χ2n) is 5.57. The Labute approximate surface area is 147 Å². The average Bonchev–Trinajstić information content (AvgIpc) is 2.54. The van der Waals surface area contributed by atoms with Crippen molar-refractivity contribution in [1.82, 2.24) is 4.72 Å². The molecule has 2 rings (SSSR count). The fourth-order valence-electron chi connectivity index (χ4n) is 2.17. The molecule has 5 nitrogen and oxygen atoms in total. The largest absolute Gasteiger partial charge is 0.325 e. The van der Waals surface area contributed by atoms with E-state index in [-0.39, 0.29) is 17.4 Å². The van der Waals surface area contributed by atoms with Gasteiger partial charge in [-0.05, 0) is 41.8 Å². The molecule has 0 atom stereocenters. The van der Waals surface area contributed by atoms with E-state index in [1.54, 1.807) is 6.07 Å². The van der Waals surface area contributed by atoms with Crippen LogP contribution in [0.2, 0.25) is 5.02 Å². The number of halogens is 1. The first-order chi connectivity index (χ1) is 11.3. The van der Waals surface area contributed by atoms with Gasteiger partial charge in [-0.3, -0.25) is 4.79 Å². The number of carbonyl (C=O) groups is 1. The van der Waals surface area contributed by atoms with E-state index in [1.807, 2.05) is 32.0 Å². The van der Waals surface area contributed by atoms with Crippen molar-refractivity contribution in [2.75, 3.05) is 11.9 Å². The van der Waals surface area contributed by atoms with Crippen LogP contribution in [-0.2, 0) is 14.8 Å². The molecule has 0 spiro atoms. The summed E-state index contributed by atoms with van der Waals surface area (Å²) in [7, 11) is -3.76. The van der Waals surface area contributed by atoms with Gasteiger partial charge in [0.05, 0.1) is 11.4 Å². The Hall–Kier alpha value is -1.89. The van der Waals surface area contributed by atoms with Gasteiger partial charge in [0.25, 0.3) is 0 Å². The minimum absolute atomic E-state index is 0.0577.